The number of pyridine rings is 1. The molecule has 1 amide bonds. The van der Waals surface area contributed by atoms with Gasteiger partial charge in [0, 0.05) is 24.0 Å². The summed E-state index contributed by atoms with van der Waals surface area (Å²) in [6, 6.07) is 6.52. The van der Waals surface area contributed by atoms with Gasteiger partial charge in [-0.05, 0) is 23.6 Å². The van der Waals surface area contributed by atoms with Crippen molar-refractivity contribution in [3.8, 4) is 17.0 Å². The van der Waals surface area contributed by atoms with Gasteiger partial charge in [-0.25, -0.2) is 0 Å². The molecule has 0 unspecified atom stereocenters. The van der Waals surface area contributed by atoms with Gasteiger partial charge in [0.2, 0.25) is 0 Å². The number of hydrogen-bond acceptors (Lipinski definition) is 5. The highest BCUT2D eigenvalue weighted by Crippen LogP contribution is 2.27. The lowest BCUT2D eigenvalue weighted by atomic mass is 10.2. The fourth-order valence-electron chi connectivity index (χ4n) is 1.89. The molecule has 0 fully saturated rings. The number of thiophene rings is 1. The second-order valence-corrected chi connectivity index (χ2v) is 5.27. The van der Waals surface area contributed by atoms with Crippen molar-refractivity contribution >= 4 is 23.1 Å². The van der Waals surface area contributed by atoms with E-state index in [2.05, 4.69) is 25.2 Å². The smallest absolute Gasteiger partial charge is 0.387 e. The van der Waals surface area contributed by atoms with Crippen LogP contribution in [0.3, 0.4) is 0 Å². The highest BCUT2D eigenvalue weighted by atomic mass is 32.1. The van der Waals surface area contributed by atoms with Crippen LogP contribution < -0.4 is 10.1 Å². The van der Waals surface area contributed by atoms with Gasteiger partial charge in [0.1, 0.15) is 10.6 Å². The van der Waals surface area contributed by atoms with Crippen LogP contribution in [-0.2, 0) is 0 Å². The van der Waals surface area contributed by atoms with E-state index < -0.39 is 12.5 Å². The van der Waals surface area contributed by atoms with E-state index in [1.807, 2.05) is 0 Å². The molecule has 3 rings (SSSR count). The molecule has 118 valence electrons. The van der Waals surface area contributed by atoms with Gasteiger partial charge in [0.05, 0.1) is 5.69 Å². The molecule has 9 heteroatoms. The maximum atomic E-state index is 12.3. The van der Waals surface area contributed by atoms with Crippen LogP contribution >= 0.6 is 11.3 Å². The van der Waals surface area contributed by atoms with Crippen molar-refractivity contribution in [1.29, 1.82) is 0 Å². The van der Waals surface area contributed by atoms with Crippen LogP contribution in [0.4, 0.5) is 14.6 Å². The number of H-pyrrole nitrogens is 1. The zero-order chi connectivity index (χ0) is 16.2. The Bertz CT molecular complexity index is 804. The maximum Gasteiger partial charge on any atom is 0.387 e. The van der Waals surface area contributed by atoms with Crippen LogP contribution in [0.2, 0.25) is 0 Å². The number of amides is 1. The normalized spacial score (nSPS) is 10.7. The summed E-state index contributed by atoms with van der Waals surface area (Å²) >= 11 is 1.01. The third kappa shape index (κ3) is 3.51. The molecular formula is C14H10F2N4O2S. The fraction of sp³-hybridized carbons (Fsp3) is 0.0714. The Morgan fingerprint density at radius 2 is 2.09 bits per heavy atom. The van der Waals surface area contributed by atoms with Crippen LogP contribution in [-0.4, -0.2) is 27.7 Å². The van der Waals surface area contributed by atoms with Crippen molar-refractivity contribution in [1.82, 2.24) is 15.2 Å². The van der Waals surface area contributed by atoms with Crippen LogP contribution in [0, 0.1) is 0 Å². The fourth-order valence-corrected chi connectivity index (χ4v) is 2.61. The van der Waals surface area contributed by atoms with E-state index >= 15 is 0 Å². The Morgan fingerprint density at radius 1 is 1.30 bits per heavy atom. The minimum absolute atomic E-state index is 0.0544. The molecule has 0 aliphatic heterocycles. The summed E-state index contributed by atoms with van der Waals surface area (Å²) in [5.41, 5.74) is 1.55. The van der Waals surface area contributed by atoms with Crippen molar-refractivity contribution in [2.24, 2.45) is 0 Å². The standard InChI is InChI=1S/C14H10F2N4O2S/c15-14(16)22-10-3-6-23-12(10)13(21)18-11-7-9(19-20-11)8-1-4-17-5-2-8/h1-7,14H,(H2,18,19,20,21). The first-order chi connectivity index (χ1) is 11.1. The first-order valence-electron chi connectivity index (χ1n) is 6.43. The third-order valence-electron chi connectivity index (χ3n) is 2.86. The van der Waals surface area contributed by atoms with Gasteiger partial charge in [-0.15, -0.1) is 11.3 Å². The predicted molar refractivity (Wildman–Crippen MR) is 80.7 cm³/mol. The molecule has 3 aromatic heterocycles. The average molecular weight is 336 g/mol. The molecule has 2 N–H and O–H groups in total. The monoisotopic (exact) mass is 336 g/mol. The first-order valence-corrected chi connectivity index (χ1v) is 7.31. The van der Waals surface area contributed by atoms with Crippen LogP contribution in [0.1, 0.15) is 9.67 Å². The Kier molecular flexibility index (Phi) is 4.29. The number of halogens is 2. The van der Waals surface area contributed by atoms with E-state index in [1.54, 1.807) is 30.6 Å². The number of aromatic nitrogens is 3. The van der Waals surface area contributed by atoms with Crippen molar-refractivity contribution < 1.29 is 18.3 Å². The molecule has 6 nitrogen and oxygen atoms in total. The minimum atomic E-state index is -2.99. The highest BCUT2D eigenvalue weighted by molar-refractivity contribution is 7.12. The van der Waals surface area contributed by atoms with Crippen molar-refractivity contribution in [2.75, 3.05) is 5.32 Å². The molecule has 0 aliphatic rings. The van der Waals surface area contributed by atoms with Crippen LogP contribution in [0.25, 0.3) is 11.3 Å². The largest absolute Gasteiger partial charge is 0.433 e. The first kappa shape index (κ1) is 15.1. The molecule has 3 heterocycles. The number of nitrogens with zero attached hydrogens (tertiary/aromatic N) is 2. The van der Waals surface area contributed by atoms with E-state index in [1.165, 1.54) is 11.4 Å². The number of carbonyl (C=O) groups is 1. The number of hydrogen-bond donors (Lipinski definition) is 2. The van der Waals surface area contributed by atoms with Crippen molar-refractivity contribution in [2.45, 2.75) is 6.61 Å². The van der Waals surface area contributed by atoms with E-state index in [0.29, 0.717) is 5.69 Å². The maximum absolute atomic E-state index is 12.3. The number of nitrogens with one attached hydrogen (secondary N) is 2. The summed E-state index contributed by atoms with van der Waals surface area (Å²) in [6.07, 6.45) is 3.27. The molecule has 0 spiro atoms. The molecule has 3 aromatic rings. The highest BCUT2D eigenvalue weighted by Gasteiger charge is 2.18. The number of carbonyl (C=O) groups excluding carboxylic acids is 1. The zero-order valence-corrected chi connectivity index (χ0v) is 12.3. The molecule has 0 aromatic carbocycles. The van der Waals surface area contributed by atoms with Crippen molar-refractivity contribution in [3.05, 3.63) is 46.9 Å². The Morgan fingerprint density at radius 3 is 2.83 bits per heavy atom. The van der Waals surface area contributed by atoms with E-state index in [9.17, 15) is 13.6 Å². The SMILES string of the molecule is O=C(Nc1cc(-c2ccncc2)[nH]n1)c1sccc1OC(F)F. The quantitative estimate of drug-likeness (QED) is 0.748. The Labute approximate surface area is 133 Å². The molecule has 0 atom stereocenters. The second-order valence-electron chi connectivity index (χ2n) is 4.35. The van der Waals surface area contributed by atoms with Gasteiger partial charge in [0.25, 0.3) is 5.91 Å². The summed E-state index contributed by atoms with van der Waals surface area (Å²) in [5, 5.41) is 10.8. The number of anilines is 1. The number of rotatable bonds is 5. The van der Waals surface area contributed by atoms with Gasteiger partial charge in [0.15, 0.2) is 5.82 Å². The van der Waals surface area contributed by atoms with Gasteiger partial charge >= 0.3 is 6.61 Å². The van der Waals surface area contributed by atoms with Gasteiger partial charge < -0.3 is 10.1 Å². The summed E-state index contributed by atoms with van der Waals surface area (Å²) in [4.78, 5) is 16.1. The summed E-state index contributed by atoms with van der Waals surface area (Å²) in [5.74, 6) is -0.450. The van der Waals surface area contributed by atoms with Crippen molar-refractivity contribution in [3.63, 3.8) is 0 Å². The molecule has 0 bridgehead atoms. The van der Waals surface area contributed by atoms with E-state index in [-0.39, 0.29) is 16.4 Å². The second kappa shape index (κ2) is 6.53. The molecule has 0 saturated heterocycles. The predicted octanol–water partition coefficient (Wildman–Crippen LogP) is 3.39. The van der Waals surface area contributed by atoms with Gasteiger partial charge in [-0.1, -0.05) is 0 Å². The lowest BCUT2D eigenvalue weighted by Crippen LogP contribution is -2.13. The number of alkyl halides is 2. The average Bonchev–Trinajstić information content (AvgIpc) is 3.17. The van der Waals surface area contributed by atoms with Crippen LogP contribution in [0.15, 0.2) is 42.0 Å². The summed E-state index contributed by atoms with van der Waals surface area (Å²) in [7, 11) is 0. The Balaban J connectivity index is 1.74. The zero-order valence-electron chi connectivity index (χ0n) is 11.5. The molecule has 0 saturated carbocycles. The number of aromatic amines is 1. The summed E-state index contributed by atoms with van der Waals surface area (Å²) in [6.45, 7) is -2.99. The molecule has 0 aliphatic carbocycles. The van der Waals surface area contributed by atoms with E-state index in [4.69, 9.17) is 0 Å². The van der Waals surface area contributed by atoms with E-state index in [0.717, 1.165) is 16.9 Å². The lowest BCUT2D eigenvalue weighted by Gasteiger charge is -2.05. The summed E-state index contributed by atoms with van der Waals surface area (Å²) < 4.78 is 28.9. The minimum Gasteiger partial charge on any atom is -0.433 e. The molecule has 0 radical (unpaired) electrons. The van der Waals surface area contributed by atoms with Gasteiger partial charge in [-0.2, -0.15) is 13.9 Å². The third-order valence-corrected chi connectivity index (χ3v) is 3.76. The lowest BCUT2D eigenvalue weighted by molar-refractivity contribution is -0.0498. The van der Waals surface area contributed by atoms with Gasteiger partial charge in [-0.3, -0.25) is 14.9 Å². The van der Waals surface area contributed by atoms with Crippen LogP contribution in [0.5, 0.6) is 5.75 Å². The topological polar surface area (TPSA) is 79.9 Å². The molecular weight excluding hydrogens is 326 g/mol. The molecule has 23 heavy (non-hydrogen) atoms. The Hall–Kier alpha value is -2.81. The number of ether oxygens (including phenoxy) is 1.